The minimum Gasteiger partial charge on any atom is -0.482 e. The van der Waals surface area contributed by atoms with E-state index >= 15 is 0 Å². The molecule has 0 amide bonds. The Bertz CT molecular complexity index is 764. The minimum atomic E-state index is -0.464. The molecule has 1 aromatic carbocycles. The number of pyridine rings is 1. The van der Waals surface area contributed by atoms with E-state index in [-0.39, 0.29) is 26.4 Å². The van der Waals surface area contributed by atoms with Crippen LogP contribution < -0.4 is 9.47 Å². The molecular weight excluding hydrogens is 362 g/mol. The van der Waals surface area contributed by atoms with Crippen molar-refractivity contribution in [3.05, 3.63) is 53.9 Å². The van der Waals surface area contributed by atoms with Gasteiger partial charge in [-0.3, -0.25) is 4.98 Å². The second-order valence-corrected chi connectivity index (χ2v) is 5.54. The van der Waals surface area contributed by atoms with Crippen molar-refractivity contribution in [2.75, 3.05) is 26.4 Å². The highest BCUT2D eigenvalue weighted by Gasteiger charge is 2.08. The van der Waals surface area contributed by atoms with Gasteiger partial charge in [0, 0.05) is 18.5 Å². The van der Waals surface area contributed by atoms with E-state index in [4.69, 9.17) is 18.9 Å². The summed E-state index contributed by atoms with van der Waals surface area (Å²) in [7, 11) is 0. The van der Waals surface area contributed by atoms with Gasteiger partial charge >= 0.3 is 11.9 Å². The molecule has 1 heterocycles. The number of esters is 2. The molecule has 0 aliphatic heterocycles. The van der Waals surface area contributed by atoms with Crippen molar-refractivity contribution in [2.45, 2.75) is 13.8 Å². The molecule has 0 saturated heterocycles. The number of hydrogen-bond donors (Lipinski definition) is 0. The molecular formula is C21H23NO6. The summed E-state index contributed by atoms with van der Waals surface area (Å²) in [5.41, 5.74) is 1.75. The van der Waals surface area contributed by atoms with Crippen LogP contribution in [-0.2, 0) is 19.1 Å². The summed E-state index contributed by atoms with van der Waals surface area (Å²) in [5, 5.41) is 0. The third kappa shape index (κ3) is 7.49. The largest absolute Gasteiger partial charge is 0.482 e. The number of carbonyl (C=O) groups excluding carboxylic acids is 2. The Balaban J connectivity index is 2.15. The molecule has 0 bridgehead atoms. The molecule has 0 aliphatic rings. The van der Waals surface area contributed by atoms with Crippen LogP contribution in [0.25, 0.3) is 12.2 Å². The Labute approximate surface area is 163 Å². The maximum Gasteiger partial charge on any atom is 0.344 e. The Morgan fingerprint density at radius 2 is 1.32 bits per heavy atom. The topological polar surface area (TPSA) is 84.0 Å². The molecule has 0 atom stereocenters. The van der Waals surface area contributed by atoms with E-state index in [1.165, 1.54) is 0 Å². The van der Waals surface area contributed by atoms with Crippen molar-refractivity contribution >= 4 is 24.1 Å². The summed E-state index contributed by atoms with van der Waals surface area (Å²) >= 11 is 0. The third-order valence-electron chi connectivity index (χ3n) is 3.40. The maximum absolute atomic E-state index is 11.5. The highest BCUT2D eigenvalue weighted by molar-refractivity contribution is 5.73. The van der Waals surface area contributed by atoms with Gasteiger partial charge in [0.1, 0.15) is 11.5 Å². The molecule has 28 heavy (non-hydrogen) atoms. The first-order chi connectivity index (χ1) is 13.6. The predicted octanol–water partition coefficient (Wildman–Crippen LogP) is 3.14. The van der Waals surface area contributed by atoms with Gasteiger partial charge in [0.05, 0.1) is 13.2 Å². The van der Waals surface area contributed by atoms with Crippen LogP contribution in [0.1, 0.15) is 25.0 Å². The van der Waals surface area contributed by atoms with Crippen molar-refractivity contribution in [1.82, 2.24) is 4.98 Å². The molecule has 2 rings (SSSR count). The molecule has 7 nitrogen and oxygen atoms in total. The van der Waals surface area contributed by atoms with E-state index in [9.17, 15) is 9.59 Å². The zero-order valence-corrected chi connectivity index (χ0v) is 15.9. The molecule has 0 unspecified atom stereocenters. The van der Waals surface area contributed by atoms with Crippen LogP contribution in [0.5, 0.6) is 11.5 Å². The third-order valence-corrected chi connectivity index (χ3v) is 3.40. The first-order valence-electron chi connectivity index (χ1n) is 8.90. The fraction of sp³-hybridized carbons (Fsp3) is 0.286. The van der Waals surface area contributed by atoms with Crippen molar-refractivity contribution in [3.63, 3.8) is 0 Å². The molecule has 0 spiro atoms. The molecule has 2 aromatic rings. The standard InChI is InChI=1S/C21H23NO6/c1-3-25-20(23)14-27-18-11-17(6-5-16-7-9-22-10-8-16)12-19(13-18)28-15-21(24)26-4-2/h5-13H,3-4,14-15H2,1-2H3/b6-5+. The van der Waals surface area contributed by atoms with Crippen molar-refractivity contribution in [2.24, 2.45) is 0 Å². The average Bonchev–Trinajstić information content (AvgIpc) is 2.70. The molecule has 1 aromatic heterocycles. The average molecular weight is 385 g/mol. The van der Waals surface area contributed by atoms with Gasteiger partial charge in [0.25, 0.3) is 0 Å². The second kappa shape index (κ2) is 11.4. The summed E-state index contributed by atoms with van der Waals surface area (Å²) < 4.78 is 20.7. The molecule has 148 valence electrons. The molecule has 0 fully saturated rings. The van der Waals surface area contributed by atoms with Gasteiger partial charge in [-0.1, -0.05) is 12.2 Å². The smallest absolute Gasteiger partial charge is 0.344 e. The van der Waals surface area contributed by atoms with Crippen LogP contribution in [0.15, 0.2) is 42.7 Å². The van der Waals surface area contributed by atoms with Crippen LogP contribution in [0.3, 0.4) is 0 Å². The summed E-state index contributed by atoms with van der Waals surface area (Å²) in [6.45, 7) is 3.58. The number of benzene rings is 1. The van der Waals surface area contributed by atoms with Crippen LogP contribution in [0, 0.1) is 0 Å². The van der Waals surface area contributed by atoms with Crippen molar-refractivity contribution in [3.8, 4) is 11.5 Å². The number of ether oxygens (including phenoxy) is 4. The molecule has 0 saturated carbocycles. The lowest BCUT2D eigenvalue weighted by Gasteiger charge is -2.11. The van der Waals surface area contributed by atoms with E-state index in [1.807, 2.05) is 24.3 Å². The van der Waals surface area contributed by atoms with Crippen LogP contribution >= 0.6 is 0 Å². The normalized spacial score (nSPS) is 10.5. The first-order valence-corrected chi connectivity index (χ1v) is 8.90. The van der Waals surface area contributed by atoms with Gasteiger partial charge < -0.3 is 18.9 Å². The van der Waals surface area contributed by atoms with Gasteiger partial charge in [-0.05, 0) is 49.2 Å². The maximum atomic E-state index is 11.5. The van der Waals surface area contributed by atoms with E-state index in [1.54, 1.807) is 44.4 Å². The van der Waals surface area contributed by atoms with Crippen LogP contribution in [-0.4, -0.2) is 43.4 Å². The van der Waals surface area contributed by atoms with E-state index in [0.717, 1.165) is 11.1 Å². The van der Waals surface area contributed by atoms with E-state index in [2.05, 4.69) is 4.98 Å². The summed E-state index contributed by atoms with van der Waals surface area (Å²) in [6, 6.07) is 8.86. The number of nitrogens with zero attached hydrogens (tertiary/aromatic N) is 1. The van der Waals surface area contributed by atoms with Crippen LogP contribution in [0.4, 0.5) is 0 Å². The lowest BCUT2D eigenvalue weighted by Crippen LogP contribution is -2.15. The Kier molecular flexibility index (Phi) is 8.52. The summed E-state index contributed by atoms with van der Waals surface area (Å²) in [4.78, 5) is 27.0. The van der Waals surface area contributed by atoms with E-state index < -0.39 is 11.9 Å². The van der Waals surface area contributed by atoms with Crippen molar-refractivity contribution in [1.29, 1.82) is 0 Å². The molecule has 0 radical (unpaired) electrons. The highest BCUT2D eigenvalue weighted by atomic mass is 16.6. The molecule has 0 N–H and O–H groups in total. The van der Waals surface area contributed by atoms with Gasteiger partial charge in [0.2, 0.25) is 0 Å². The Morgan fingerprint density at radius 1 is 0.821 bits per heavy atom. The first kappa shape index (κ1) is 21.0. The fourth-order valence-electron chi connectivity index (χ4n) is 2.21. The lowest BCUT2D eigenvalue weighted by atomic mass is 10.1. The van der Waals surface area contributed by atoms with Crippen LogP contribution in [0.2, 0.25) is 0 Å². The SMILES string of the molecule is CCOC(=O)COc1cc(/C=C/c2ccncc2)cc(OCC(=O)OCC)c1. The van der Waals surface area contributed by atoms with E-state index in [0.29, 0.717) is 11.5 Å². The Hall–Kier alpha value is -3.35. The number of carbonyl (C=O) groups is 2. The van der Waals surface area contributed by atoms with Gasteiger partial charge in [-0.2, -0.15) is 0 Å². The van der Waals surface area contributed by atoms with Crippen molar-refractivity contribution < 1.29 is 28.5 Å². The lowest BCUT2D eigenvalue weighted by molar-refractivity contribution is -0.146. The van der Waals surface area contributed by atoms with Gasteiger partial charge in [0.15, 0.2) is 13.2 Å². The second-order valence-electron chi connectivity index (χ2n) is 5.54. The summed E-state index contributed by atoms with van der Waals surface area (Å²) in [6.07, 6.45) is 7.17. The minimum absolute atomic E-state index is 0.220. The quantitative estimate of drug-likeness (QED) is 0.581. The fourth-order valence-corrected chi connectivity index (χ4v) is 2.21. The highest BCUT2D eigenvalue weighted by Crippen LogP contribution is 2.24. The molecule has 0 aliphatic carbocycles. The zero-order valence-electron chi connectivity index (χ0n) is 15.9. The number of hydrogen-bond acceptors (Lipinski definition) is 7. The monoisotopic (exact) mass is 385 g/mol. The summed E-state index contributed by atoms with van der Waals surface area (Å²) in [5.74, 6) is -0.0870. The van der Waals surface area contributed by atoms with Gasteiger partial charge in [-0.15, -0.1) is 0 Å². The number of aromatic nitrogens is 1. The molecule has 7 heteroatoms. The Morgan fingerprint density at radius 3 is 1.82 bits per heavy atom. The predicted molar refractivity (Wildman–Crippen MR) is 104 cm³/mol. The number of rotatable bonds is 10. The zero-order chi connectivity index (χ0) is 20.2. The van der Waals surface area contributed by atoms with Gasteiger partial charge in [-0.25, -0.2) is 9.59 Å².